The van der Waals surface area contributed by atoms with Crippen LogP contribution >= 0.6 is 11.6 Å². The Bertz CT molecular complexity index is 779. The van der Waals surface area contributed by atoms with E-state index in [4.69, 9.17) is 11.6 Å². The first-order chi connectivity index (χ1) is 13.4. The zero-order chi connectivity index (χ0) is 20.1. The highest BCUT2D eigenvalue weighted by Crippen LogP contribution is 2.31. The van der Waals surface area contributed by atoms with Crippen molar-refractivity contribution in [3.63, 3.8) is 0 Å². The molecule has 2 atom stereocenters. The zero-order valence-electron chi connectivity index (χ0n) is 16.4. The molecular weight excluding hydrogens is 398 g/mol. The number of pyridine rings is 1. The lowest BCUT2D eigenvalue weighted by Gasteiger charge is -2.32. The third-order valence-corrected chi connectivity index (χ3v) is 8.43. The number of aromatic nitrogens is 1. The van der Waals surface area contributed by atoms with Crippen LogP contribution in [-0.4, -0.2) is 42.7 Å². The summed E-state index contributed by atoms with van der Waals surface area (Å²) in [5.41, 5.74) is 0. The highest BCUT2D eigenvalue weighted by atomic mass is 35.5. The van der Waals surface area contributed by atoms with Gasteiger partial charge in [0.1, 0.15) is 10.0 Å². The normalized spacial score (nSPS) is 24.4. The van der Waals surface area contributed by atoms with Crippen LogP contribution in [0.2, 0.25) is 5.15 Å². The standard InChI is InChI=1S/C20H30ClN3O3S/c1-2-3-6-15-7-4-8-17(15)23-20(25)16-10-13-24(14-11-16)28(26,27)18-9-5-12-22-19(18)21/h5,9,12,15-17H,2-4,6-8,10-11,13-14H2,1H3,(H,23,25). The summed E-state index contributed by atoms with van der Waals surface area (Å²) in [6.07, 6.45) is 9.57. The minimum Gasteiger partial charge on any atom is -0.353 e. The molecule has 0 spiro atoms. The van der Waals surface area contributed by atoms with E-state index >= 15 is 0 Å². The number of amides is 1. The van der Waals surface area contributed by atoms with Crippen molar-refractivity contribution in [1.82, 2.24) is 14.6 Å². The molecule has 0 radical (unpaired) electrons. The van der Waals surface area contributed by atoms with Gasteiger partial charge in [0.25, 0.3) is 0 Å². The summed E-state index contributed by atoms with van der Waals surface area (Å²) in [5, 5.41) is 3.25. The Labute approximate surface area is 173 Å². The molecular formula is C20H30ClN3O3S. The van der Waals surface area contributed by atoms with E-state index in [0.717, 1.165) is 6.42 Å². The van der Waals surface area contributed by atoms with Gasteiger partial charge in [0, 0.05) is 31.2 Å². The van der Waals surface area contributed by atoms with E-state index in [1.54, 1.807) is 6.07 Å². The molecule has 1 N–H and O–H groups in total. The second kappa shape index (κ2) is 9.55. The fourth-order valence-corrected chi connectivity index (χ4v) is 6.30. The summed E-state index contributed by atoms with van der Waals surface area (Å²) in [4.78, 5) is 16.6. The molecule has 2 aliphatic rings. The predicted molar refractivity (Wildman–Crippen MR) is 110 cm³/mol. The monoisotopic (exact) mass is 427 g/mol. The maximum Gasteiger partial charge on any atom is 0.246 e. The lowest BCUT2D eigenvalue weighted by molar-refractivity contribution is -0.127. The van der Waals surface area contributed by atoms with E-state index < -0.39 is 10.0 Å². The van der Waals surface area contributed by atoms with Crippen LogP contribution in [0.1, 0.15) is 58.3 Å². The average molecular weight is 428 g/mol. The number of unbranched alkanes of at least 4 members (excludes halogenated alkanes) is 1. The van der Waals surface area contributed by atoms with E-state index in [1.165, 1.54) is 48.7 Å². The predicted octanol–water partition coefficient (Wildman–Crippen LogP) is 3.61. The topological polar surface area (TPSA) is 79.4 Å². The lowest BCUT2D eigenvalue weighted by Crippen LogP contribution is -2.46. The van der Waals surface area contributed by atoms with Gasteiger partial charge in [0.2, 0.25) is 15.9 Å². The fourth-order valence-electron chi connectivity index (χ4n) is 4.40. The number of hydrogen-bond acceptors (Lipinski definition) is 4. The first kappa shape index (κ1) is 21.5. The van der Waals surface area contributed by atoms with Gasteiger partial charge in [-0.2, -0.15) is 4.31 Å². The van der Waals surface area contributed by atoms with Crippen molar-refractivity contribution in [2.45, 2.75) is 69.2 Å². The van der Waals surface area contributed by atoms with E-state index in [-0.39, 0.29) is 27.9 Å². The quantitative estimate of drug-likeness (QED) is 0.674. The molecule has 2 heterocycles. The maximum atomic E-state index is 12.8. The Kier molecular flexibility index (Phi) is 7.34. The summed E-state index contributed by atoms with van der Waals surface area (Å²) in [5.74, 6) is 0.560. The third kappa shape index (κ3) is 4.86. The van der Waals surface area contributed by atoms with Crippen molar-refractivity contribution in [3.05, 3.63) is 23.5 Å². The van der Waals surface area contributed by atoms with Gasteiger partial charge in [-0.25, -0.2) is 13.4 Å². The van der Waals surface area contributed by atoms with Gasteiger partial charge in [-0.15, -0.1) is 0 Å². The summed E-state index contributed by atoms with van der Waals surface area (Å²) >= 11 is 5.97. The third-order valence-electron chi connectivity index (χ3n) is 6.08. The molecule has 0 bridgehead atoms. The molecule has 1 aromatic rings. The first-order valence-electron chi connectivity index (χ1n) is 10.3. The number of halogens is 1. The lowest BCUT2D eigenvalue weighted by atomic mass is 9.94. The van der Waals surface area contributed by atoms with Crippen molar-refractivity contribution in [3.8, 4) is 0 Å². The molecule has 28 heavy (non-hydrogen) atoms. The second-order valence-corrected chi connectivity index (χ2v) is 10.2. The number of carbonyl (C=O) groups is 1. The van der Waals surface area contributed by atoms with Gasteiger partial charge in [-0.1, -0.05) is 37.8 Å². The minimum absolute atomic E-state index is 0.0123. The molecule has 2 fully saturated rings. The molecule has 156 valence electrons. The Morgan fingerprint density at radius 3 is 2.71 bits per heavy atom. The molecule has 8 heteroatoms. The zero-order valence-corrected chi connectivity index (χ0v) is 18.0. The van der Waals surface area contributed by atoms with Gasteiger partial charge in [-0.05, 0) is 50.2 Å². The van der Waals surface area contributed by atoms with Crippen molar-refractivity contribution in [2.24, 2.45) is 11.8 Å². The smallest absolute Gasteiger partial charge is 0.246 e. The highest BCUT2D eigenvalue weighted by Gasteiger charge is 2.35. The number of piperidine rings is 1. The Hall–Kier alpha value is -1.18. The van der Waals surface area contributed by atoms with E-state index in [9.17, 15) is 13.2 Å². The van der Waals surface area contributed by atoms with Crippen LogP contribution in [0.5, 0.6) is 0 Å². The number of nitrogens with one attached hydrogen (secondary N) is 1. The van der Waals surface area contributed by atoms with Crippen molar-refractivity contribution < 1.29 is 13.2 Å². The molecule has 6 nitrogen and oxygen atoms in total. The van der Waals surface area contributed by atoms with Crippen LogP contribution in [-0.2, 0) is 14.8 Å². The number of sulfonamides is 1. The van der Waals surface area contributed by atoms with Crippen LogP contribution in [0.4, 0.5) is 0 Å². The van der Waals surface area contributed by atoms with E-state index in [2.05, 4.69) is 17.2 Å². The van der Waals surface area contributed by atoms with Gasteiger partial charge in [-0.3, -0.25) is 4.79 Å². The number of hydrogen-bond donors (Lipinski definition) is 1. The molecule has 3 rings (SSSR count). The summed E-state index contributed by atoms with van der Waals surface area (Å²) < 4.78 is 27.0. The number of rotatable bonds is 7. The van der Waals surface area contributed by atoms with Crippen LogP contribution in [0, 0.1) is 11.8 Å². The molecule has 1 aliphatic carbocycles. The molecule has 1 saturated carbocycles. The largest absolute Gasteiger partial charge is 0.353 e. The maximum absolute atomic E-state index is 12.8. The molecule has 2 unspecified atom stereocenters. The van der Waals surface area contributed by atoms with Gasteiger partial charge < -0.3 is 5.32 Å². The highest BCUT2D eigenvalue weighted by molar-refractivity contribution is 7.89. The average Bonchev–Trinajstić information content (AvgIpc) is 3.13. The van der Waals surface area contributed by atoms with Crippen LogP contribution in [0.3, 0.4) is 0 Å². The Balaban J connectivity index is 1.55. The second-order valence-electron chi connectivity index (χ2n) is 7.92. The van der Waals surface area contributed by atoms with Crippen molar-refractivity contribution >= 4 is 27.5 Å². The molecule has 1 aromatic heterocycles. The molecule has 0 aromatic carbocycles. The van der Waals surface area contributed by atoms with Crippen molar-refractivity contribution in [1.29, 1.82) is 0 Å². The summed E-state index contributed by atoms with van der Waals surface area (Å²) in [7, 11) is -3.68. The molecule has 1 aliphatic heterocycles. The van der Waals surface area contributed by atoms with Gasteiger partial charge >= 0.3 is 0 Å². The summed E-state index contributed by atoms with van der Waals surface area (Å²) in [6, 6.07) is 3.32. The Morgan fingerprint density at radius 2 is 2.04 bits per heavy atom. The SMILES string of the molecule is CCCCC1CCCC1NC(=O)C1CCN(S(=O)(=O)c2cccnc2Cl)CC1. The first-order valence-corrected chi connectivity index (χ1v) is 12.2. The van der Waals surface area contributed by atoms with Gasteiger partial charge in [0.05, 0.1) is 0 Å². The van der Waals surface area contributed by atoms with Crippen LogP contribution < -0.4 is 5.32 Å². The van der Waals surface area contributed by atoms with E-state index in [1.807, 2.05) is 0 Å². The minimum atomic E-state index is -3.68. The van der Waals surface area contributed by atoms with E-state index in [0.29, 0.717) is 31.8 Å². The molecule has 1 saturated heterocycles. The number of carbonyl (C=O) groups excluding carboxylic acids is 1. The van der Waals surface area contributed by atoms with Gasteiger partial charge in [0.15, 0.2) is 0 Å². The van der Waals surface area contributed by atoms with Crippen LogP contribution in [0.15, 0.2) is 23.2 Å². The molecule has 1 amide bonds. The summed E-state index contributed by atoms with van der Waals surface area (Å²) in [6.45, 7) is 2.86. The Morgan fingerprint density at radius 1 is 1.29 bits per heavy atom. The van der Waals surface area contributed by atoms with Crippen LogP contribution in [0.25, 0.3) is 0 Å². The number of nitrogens with zero attached hydrogens (tertiary/aromatic N) is 2. The fraction of sp³-hybridized carbons (Fsp3) is 0.700. The van der Waals surface area contributed by atoms with Crippen molar-refractivity contribution in [2.75, 3.05) is 13.1 Å².